The van der Waals surface area contributed by atoms with E-state index in [4.69, 9.17) is 4.74 Å². The first-order valence-electron chi connectivity index (χ1n) is 6.85. The van der Waals surface area contributed by atoms with E-state index in [1.165, 1.54) is 12.1 Å². The highest BCUT2D eigenvalue weighted by molar-refractivity contribution is 5.35. The second kappa shape index (κ2) is 7.18. The lowest BCUT2D eigenvalue weighted by atomic mass is 10.1. The van der Waals surface area contributed by atoms with E-state index in [9.17, 15) is 8.78 Å². The summed E-state index contributed by atoms with van der Waals surface area (Å²) in [4.78, 5) is 0. The predicted octanol–water partition coefficient (Wildman–Crippen LogP) is 4.48. The molecule has 0 saturated heterocycles. The van der Waals surface area contributed by atoms with Crippen molar-refractivity contribution in [3.63, 3.8) is 0 Å². The van der Waals surface area contributed by atoms with E-state index in [-0.39, 0.29) is 11.6 Å². The van der Waals surface area contributed by atoms with Gasteiger partial charge in [0.15, 0.2) is 0 Å². The smallest absolute Gasteiger partial charge is 0.263 e. The van der Waals surface area contributed by atoms with E-state index >= 15 is 0 Å². The third-order valence-corrected chi connectivity index (χ3v) is 3.42. The van der Waals surface area contributed by atoms with Gasteiger partial charge in [-0.15, -0.1) is 0 Å². The molecule has 0 aliphatic heterocycles. The van der Waals surface area contributed by atoms with Gasteiger partial charge >= 0.3 is 0 Å². The Bertz CT molecular complexity index is 587. The molecule has 0 fully saturated rings. The molecule has 0 radical (unpaired) electrons. The van der Waals surface area contributed by atoms with Gasteiger partial charge in [-0.3, -0.25) is 0 Å². The number of benzene rings is 2. The highest BCUT2D eigenvalue weighted by atomic mass is 19.3. The minimum Gasteiger partial charge on any atom is -0.496 e. The van der Waals surface area contributed by atoms with Crippen molar-refractivity contribution < 1.29 is 13.5 Å². The molecule has 0 unspecified atom stereocenters. The maximum absolute atomic E-state index is 12.7. The zero-order valence-electron chi connectivity index (χ0n) is 12.1. The molecule has 0 aliphatic rings. The SMILES string of the molecule is COc1ccccc1[C@H](C)NCc1cccc(C(F)F)c1. The van der Waals surface area contributed by atoms with E-state index in [1.807, 2.05) is 37.3 Å². The lowest BCUT2D eigenvalue weighted by Crippen LogP contribution is -2.18. The largest absolute Gasteiger partial charge is 0.496 e. The molecule has 0 spiro atoms. The molecule has 2 aromatic carbocycles. The van der Waals surface area contributed by atoms with Crippen LogP contribution in [-0.4, -0.2) is 7.11 Å². The van der Waals surface area contributed by atoms with Gasteiger partial charge in [0, 0.05) is 23.7 Å². The molecule has 21 heavy (non-hydrogen) atoms. The van der Waals surface area contributed by atoms with Gasteiger partial charge in [-0.1, -0.05) is 36.4 Å². The normalized spacial score (nSPS) is 12.4. The molecule has 0 aromatic heterocycles. The van der Waals surface area contributed by atoms with Gasteiger partial charge in [0.05, 0.1) is 7.11 Å². The second-order valence-corrected chi connectivity index (χ2v) is 4.89. The summed E-state index contributed by atoms with van der Waals surface area (Å²) in [5.74, 6) is 0.818. The van der Waals surface area contributed by atoms with Crippen molar-refractivity contribution in [3.05, 3.63) is 65.2 Å². The number of nitrogens with one attached hydrogen (secondary N) is 1. The monoisotopic (exact) mass is 291 g/mol. The number of methoxy groups -OCH3 is 1. The van der Waals surface area contributed by atoms with E-state index in [1.54, 1.807) is 13.2 Å². The first kappa shape index (κ1) is 15.4. The van der Waals surface area contributed by atoms with Crippen molar-refractivity contribution in [1.29, 1.82) is 0 Å². The Morgan fingerprint density at radius 1 is 1.10 bits per heavy atom. The van der Waals surface area contributed by atoms with Gasteiger partial charge in [-0.05, 0) is 24.6 Å². The van der Waals surface area contributed by atoms with Crippen LogP contribution in [0.25, 0.3) is 0 Å². The highest BCUT2D eigenvalue weighted by Gasteiger charge is 2.11. The van der Waals surface area contributed by atoms with Crippen LogP contribution in [0.15, 0.2) is 48.5 Å². The topological polar surface area (TPSA) is 21.3 Å². The van der Waals surface area contributed by atoms with E-state index < -0.39 is 6.43 Å². The lowest BCUT2D eigenvalue weighted by molar-refractivity contribution is 0.151. The van der Waals surface area contributed by atoms with Crippen LogP contribution >= 0.6 is 0 Å². The third-order valence-electron chi connectivity index (χ3n) is 3.42. The summed E-state index contributed by atoms with van der Waals surface area (Å²) in [5, 5.41) is 3.33. The summed E-state index contributed by atoms with van der Waals surface area (Å²) in [5.41, 5.74) is 1.94. The van der Waals surface area contributed by atoms with Crippen LogP contribution < -0.4 is 10.1 Å². The fraction of sp³-hybridized carbons (Fsp3) is 0.294. The number of hydrogen-bond donors (Lipinski definition) is 1. The highest BCUT2D eigenvalue weighted by Crippen LogP contribution is 2.25. The maximum atomic E-state index is 12.7. The number of rotatable bonds is 6. The summed E-state index contributed by atoms with van der Waals surface area (Å²) in [6, 6.07) is 14.3. The summed E-state index contributed by atoms with van der Waals surface area (Å²) in [6.07, 6.45) is -2.43. The number of ether oxygens (including phenoxy) is 1. The van der Waals surface area contributed by atoms with Crippen LogP contribution in [0, 0.1) is 0 Å². The van der Waals surface area contributed by atoms with E-state index in [2.05, 4.69) is 5.32 Å². The quantitative estimate of drug-likeness (QED) is 0.847. The van der Waals surface area contributed by atoms with Crippen molar-refractivity contribution in [2.45, 2.75) is 25.9 Å². The van der Waals surface area contributed by atoms with Gasteiger partial charge < -0.3 is 10.1 Å². The Balaban J connectivity index is 2.04. The minimum absolute atomic E-state index is 0.0549. The molecule has 0 heterocycles. The van der Waals surface area contributed by atoms with Crippen LogP contribution in [0.3, 0.4) is 0 Å². The van der Waals surface area contributed by atoms with Gasteiger partial charge in [-0.25, -0.2) is 8.78 Å². The van der Waals surface area contributed by atoms with E-state index in [0.29, 0.717) is 6.54 Å². The van der Waals surface area contributed by atoms with Crippen molar-refractivity contribution in [1.82, 2.24) is 5.32 Å². The van der Waals surface area contributed by atoms with Crippen molar-refractivity contribution in [2.75, 3.05) is 7.11 Å². The van der Waals surface area contributed by atoms with Gasteiger partial charge in [-0.2, -0.15) is 0 Å². The molecule has 0 saturated carbocycles. The Kier molecular flexibility index (Phi) is 5.28. The maximum Gasteiger partial charge on any atom is 0.263 e. The molecule has 0 bridgehead atoms. The molecular formula is C17H19F2NO. The number of halogens is 2. The van der Waals surface area contributed by atoms with Gasteiger partial charge in [0.1, 0.15) is 5.75 Å². The standard InChI is InChI=1S/C17H19F2NO/c1-12(15-8-3-4-9-16(15)21-2)20-11-13-6-5-7-14(10-13)17(18)19/h3-10,12,17,20H,11H2,1-2H3/t12-/m0/s1. The van der Waals surface area contributed by atoms with Crippen molar-refractivity contribution >= 4 is 0 Å². The molecule has 0 aliphatic carbocycles. The fourth-order valence-corrected chi connectivity index (χ4v) is 2.24. The van der Waals surface area contributed by atoms with Gasteiger partial charge in [0.2, 0.25) is 0 Å². The molecule has 4 heteroatoms. The summed E-state index contributed by atoms with van der Waals surface area (Å²) in [6.45, 7) is 2.55. The molecule has 1 atom stereocenters. The Morgan fingerprint density at radius 3 is 2.57 bits per heavy atom. The van der Waals surface area contributed by atoms with Crippen LogP contribution in [0.5, 0.6) is 5.75 Å². The number of hydrogen-bond acceptors (Lipinski definition) is 2. The average Bonchev–Trinajstić information content (AvgIpc) is 2.52. The van der Waals surface area contributed by atoms with Gasteiger partial charge in [0.25, 0.3) is 6.43 Å². The summed E-state index contributed by atoms with van der Waals surface area (Å²) < 4.78 is 30.7. The number of para-hydroxylation sites is 1. The first-order valence-corrected chi connectivity index (χ1v) is 6.85. The molecule has 2 aromatic rings. The summed E-state index contributed by atoms with van der Waals surface area (Å²) >= 11 is 0. The molecular weight excluding hydrogens is 272 g/mol. The Morgan fingerprint density at radius 2 is 1.86 bits per heavy atom. The summed E-state index contributed by atoms with van der Waals surface area (Å²) in [7, 11) is 1.64. The lowest BCUT2D eigenvalue weighted by Gasteiger charge is -2.17. The van der Waals surface area contributed by atoms with E-state index in [0.717, 1.165) is 16.9 Å². The van der Waals surface area contributed by atoms with Crippen molar-refractivity contribution in [2.24, 2.45) is 0 Å². The minimum atomic E-state index is -2.43. The van der Waals surface area contributed by atoms with Crippen molar-refractivity contribution in [3.8, 4) is 5.75 Å². The molecule has 112 valence electrons. The van der Waals surface area contributed by atoms with Crippen LogP contribution in [0.2, 0.25) is 0 Å². The molecule has 2 nitrogen and oxygen atoms in total. The van der Waals surface area contributed by atoms with Crippen LogP contribution in [-0.2, 0) is 6.54 Å². The predicted molar refractivity (Wildman–Crippen MR) is 79.6 cm³/mol. The third kappa shape index (κ3) is 4.02. The van der Waals surface area contributed by atoms with Crippen LogP contribution in [0.1, 0.15) is 36.1 Å². The molecule has 2 rings (SSSR count). The second-order valence-electron chi connectivity index (χ2n) is 4.89. The average molecular weight is 291 g/mol. The van der Waals surface area contributed by atoms with Crippen LogP contribution in [0.4, 0.5) is 8.78 Å². The Labute approximate surface area is 123 Å². The number of alkyl halides is 2. The fourth-order valence-electron chi connectivity index (χ4n) is 2.24. The Hall–Kier alpha value is -1.94. The molecule has 1 N–H and O–H groups in total. The molecule has 0 amide bonds. The zero-order chi connectivity index (χ0) is 15.2. The zero-order valence-corrected chi connectivity index (χ0v) is 12.1. The first-order chi connectivity index (χ1) is 10.1.